The number of thiophene rings is 1. The molecule has 1 saturated heterocycles. The predicted octanol–water partition coefficient (Wildman–Crippen LogP) is 1.82. The van der Waals surface area contributed by atoms with Gasteiger partial charge >= 0.3 is 5.97 Å². The molecular formula is C14H19NO4S. The second-order valence-electron chi connectivity index (χ2n) is 4.84. The molecule has 2 heterocycles. The third-order valence-corrected chi connectivity index (χ3v) is 4.11. The van der Waals surface area contributed by atoms with E-state index in [0.717, 1.165) is 29.2 Å². The zero-order valence-electron chi connectivity index (χ0n) is 11.7. The van der Waals surface area contributed by atoms with Crippen molar-refractivity contribution in [2.45, 2.75) is 32.8 Å². The first kappa shape index (κ1) is 15.0. The molecule has 20 heavy (non-hydrogen) atoms. The van der Waals surface area contributed by atoms with Crippen LogP contribution in [0, 0.1) is 13.8 Å². The summed E-state index contributed by atoms with van der Waals surface area (Å²) in [6, 6.07) is 1.78. The highest BCUT2D eigenvalue weighted by atomic mass is 32.1. The lowest BCUT2D eigenvalue weighted by molar-refractivity contribution is -0.124. The van der Waals surface area contributed by atoms with Crippen molar-refractivity contribution in [1.82, 2.24) is 5.32 Å². The average molecular weight is 297 g/mol. The average Bonchev–Trinajstić information content (AvgIpc) is 3.03. The highest BCUT2D eigenvalue weighted by molar-refractivity contribution is 7.12. The Morgan fingerprint density at radius 2 is 2.30 bits per heavy atom. The summed E-state index contributed by atoms with van der Waals surface area (Å²) in [7, 11) is 0. The van der Waals surface area contributed by atoms with E-state index in [1.54, 1.807) is 17.4 Å². The highest BCUT2D eigenvalue weighted by Crippen LogP contribution is 2.21. The SMILES string of the molecule is Cc1cc(C(=O)OCC(=O)NC[C@@H]2CCCO2)c(C)s1. The van der Waals surface area contributed by atoms with Gasteiger partial charge in [-0.2, -0.15) is 0 Å². The van der Waals surface area contributed by atoms with Crippen LogP contribution in [0.15, 0.2) is 6.07 Å². The number of esters is 1. The molecule has 6 heteroatoms. The quantitative estimate of drug-likeness (QED) is 0.842. The van der Waals surface area contributed by atoms with Crippen molar-refractivity contribution in [3.05, 3.63) is 21.4 Å². The van der Waals surface area contributed by atoms with Crippen LogP contribution in [0.4, 0.5) is 0 Å². The van der Waals surface area contributed by atoms with Crippen molar-refractivity contribution >= 4 is 23.2 Å². The van der Waals surface area contributed by atoms with E-state index in [2.05, 4.69) is 5.32 Å². The monoisotopic (exact) mass is 297 g/mol. The first-order valence-corrected chi connectivity index (χ1v) is 7.50. The summed E-state index contributed by atoms with van der Waals surface area (Å²) in [6.45, 7) is 4.79. The van der Waals surface area contributed by atoms with Crippen LogP contribution >= 0.6 is 11.3 Å². The molecule has 0 saturated carbocycles. The molecule has 0 bridgehead atoms. The largest absolute Gasteiger partial charge is 0.452 e. The van der Waals surface area contributed by atoms with Gasteiger partial charge in [-0.05, 0) is 32.8 Å². The summed E-state index contributed by atoms with van der Waals surface area (Å²) >= 11 is 1.54. The van der Waals surface area contributed by atoms with Crippen LogP contribution < -0.4 is 5.32 Å². The number of ether oxygens (including phenoxy) is 2. The zero-order valence-corrected chi connectivity index (χ0v) is 12.5. The molecular weight excluding hydrogens is 278 g/mol. The first-order valence-electron chi connectivity index (χ1n) is 6.68. The smallest absolute Gasteiger partial charge is 0.339 e. The summed E-state index contributed by atoms with van der Waals surface area (Å²) in [5, 5.41) is 2.71. The number of hydrogen-bond acceptors (Lipinski definition) is 5. The van der Waals surface area contributed by atoms with E-state index < -0.39 is 5.97 Å². The van der Waals surface area contributed by atoms with E-state index in [-0.39, 0.29) is 18.6 Å². The number of carbonyl (C=O) groups is 2. The lowest BCUT2D eigenvalue weighted by Crippen LogP contribution is -2.34. The molecule has 1 aromatic rings. The minimum atomic E-state index is -0.445. The van der Waals surface area contributed by atoms with Gasteiger partial charge in [-0.15, -0.1) is 11.3 Å². The summed E-state index contributed by atoms with van der Waals surface area (Å²) < 4.78 is 10.4. The Morgan fingerprint density at radius 3 is 2.90 bits per heavy atom. The van der Waals surface area contributed by atoms with Crippen LogP contribution in [-0.4, -0.2) is 37.7 Å². The van der Waals surface area contributed by atoms with Gasteiger partial charge in [-0.1, -0.05) is 0 Å². The van der Waals surface area contributed by atoms with E-state index in [9.17, 15) is 9.59 Å². The van der Waals surface area contributed by atoms with E-state index in [4.69, 9.17) is 9.47 Å². The third-order valence-electron chi connectivity index (χ3n) is 3.15. The van der Waals surface area contributed by atoms with Gasteiger partial charge in [0.05, 0.1) is 11.7 Å². The van der Waals surface area contributed by atoms with Crippen LogP contribution in [0.1, 0.15) is 33.0 Å². The molecule has 2 rings (SSSR count). The number of aryl methyl sites for hydroxylation is 2. The molecule has 110 valence electrons. The van der Waals surface area contributed by atoms with Crippen molar-refractivity contribution in [2.75, 3.05) is 19.8 Å². The van der Waals surface area contributed by atoms with Gasteiger partial charge in [-0.3, -0.25) is 4.79 Å². The molecule has 0 aliphatic carbocycles. The number of hydrogen-bond donors (Lipinski definition) is 1. The molecule has 1 fully saturated rings. The minimum absolute atomic E-state index is 0.0939. The zero-order chi connectivity index (χ0) is 14.5. The molecule has 0 unspecified atom stereocenters. The normalized spacial score (nSPS) is 18.0. The molecule has 0 spiro atoms. The molecule has 1 amide bonds. The summed E-state index contributed by atoms with van der Waals surface area (Å²) in [5.74, 6) is -0.738. The minimum Gasteiger partial charge on any atom is -0.452 e. The molecule has 1 aromatic heterocycles. The van der Waals surface area contributed by atoms with Crippen molar-refractivity contribution in [2.24, 2.45) is 0 Å². The fraction of sp³-hybridized carbons (Fsp3) is 0.571. The summed E-state index contributed by atoms with van der Waals surface area (Å²) in [6.07, 6.45) is 2.09. The van der Waals surface area contributed by atoms with Crippen molar-refractivity contribution < 1.29 is 19.1 Å². The number of nitrogens with one attached hydrogen (secondary N) is 1. The molecule has 0 aromatic carbocycles. The van der Waals surface area contributed by atoms with Gasteiger partial charge in [0.15, 0.2) is 6.61 Å². The number of amides is 1. The Kier molecular flexibility index (Phi) is 5.14. The van der Waals surface area contributed by atoms with Crippen LogP contribution in [0.25, 0.3) is 0 Å². The highest BCUT2D eigenvalue weighted by Gasteiger charge is 2.18. The molecule has 5 nitrogen and oxygen atoms in total. The predicted molar refractivity (Wildman–Crippen MR) is 76.1 cm³/mol. The number of carbonyl (C=O) groups excluding carboxylic acids is 2. The van der Waals surface area contributed by atoms with Gasteiger partial charge in [0, 0.05) is 22.9 Å². The number of rotatable bonds is 5. The maximum atomic E-state index is 11.8. The van der Waals surface area contributed by atoms with E-state index >= 15 is 0 Å². The van der Waals surface area contributed by atoms with Gasteiger partial charge in [0.2, 0.25) is 0 Å². The molecule has 1 aliphatic heterocycles. The topological polar surface area (TPSA) is 64.6 Å². The maximum Gasteiger partial charge on any atom is 0.339 e. The Morgan fingerprint density at radius 1 is 1.50 bits per heavy atom. The van der Waals surface area contributed by atoms with Crippen LogP contribution in [0.3, 0.4) is 0 Å². The van der Waals surface area contributed by atoms with Crippen LogP contribution in [-0.2, 0) is 14.3 Å². The van der Waals surface area contributed by atoms with Gasteiger partial charge in [0.1, 0.15) is 0 Å². The van der Waals surface area contributed by atoms with Gasteiger partial charge in [0.25, 0.3) is 5.91 Å². The molecule has 1 aliphatic rings. The summed E-state index contributed by atoms with van der Waals surface area (Å²) in [4.78, 5) is 25.4. The molecule has 1 N–H and O–H groups in total. The van der Waals surface area contributed by atoms with E-state index in [0.29, 0.717) is 12.1 Å². The standard InChI is InChI=1S/C14H19NO4S/c1-9-6-12(10(2)20-9)14(17)19-8-13(16)15-7-11-4-3-5-18-11/h6,11H,3-5,7-8H2,1-2H3,(H,15,16)/t11-/m0/s1. The fourth-order valence-electron chi connectivity index (χ4n) is 2.13. The van der Waals surface area contributed by atoms with Crippen molar-refractivity contribution in [3.8, 4) is 0 Å². The second-order valence-corrected chi connectivity index (χ2v) is 6.30. The molecule has 0 radical (unpaired) electrons. The van der Waals surface area contributed by atoms with Crippen molar-refractivity contribution in [1.29, 1.82) is 0 Å². The van der Waals surface area contributed by atoms with Crippen molar-refractivity contribution in [3.63, 3.8) is 0 Å². The molecule has 1 atom stereocenters. The Balaban J connectivity index is 1.72. The Hall–Kier alpha value is -1.40. The Labute approximate surface area is 122 Å². The fourth-order valence-corrected chi connectivity index (χ4v) is 3.04. The third kappa shape index (κ3) is 4.05. The summed E-state index contributed by atoms with van der Waals surface area (Å²) in [5.41, 5.74) is 0.541. The van der Waals surface area contributed by atoms with E-state index in [1.807, 2.05) is 13.8 Å². The maximum absolute atomic E-state index is 11.8. The first-order chi connectivity index (χ1) is 9.56. The van der Waals surface area contributed by atoms with Crippen LogP contribution in [0.2, 0.25) is 0 Å². The van der Waals surface area contributed by atoms with Gasteiger partial charge in [-0.25, -0.2) is 4.79 Å². The van der Waals surface area contributed by atoms with Crippen LogP contribution in [0.5, 0.6) is 0 Å². The second kappa shape index (κ2) is 6.85. The Bertz CT molecular complexity index is 491. The van der Waals surface area contributed by atoms with E-state index in [1.165, 1.54) is 0 Å². The lowest BCUT2D eigenvalue weighted by atomic mass is 10.2. The lowest BCUT2D eigenvalue weighted by Gasteiger charge is -2.10. The van der Waals surface area contributed by atoms with Gasteiger partial charge < -0.3 is 14.8 Å².